The molecule has 1 aliphatic rings. The van der Waals surface area contributed by atoms with Crippen molar-refractivity contribution in [2.45, 2.75) is 12.8 Å². The largest absolute Gasteiger partial charge is 0.308 e. The molecule has 0 radical (unpaired) electrons. The molecule has 0 aliphatic carbocycles. The molecule has 2 aromatic rings. The number of halogens is 1. The zero-order chi connectivity index (χ0) is 12.5. The second-order valence-corrected chi connectivity index (χ2v) is 4.47. The van der Waals surface area contributed by atoms with Gasteiger partial charge in [-0.05, 0) is 18.6 Å². The predicted molar refractivity (Wildman–Crippen MR) is 68.0 cm³/mol. The van der Waals surface area contributed by atoms with E-state index >= 15 is 0 Å². The van der Waals surface area contributed by atoms with Gasteiger partial charge in [0.05, 0.1) is 18.1 Å². The average Bonchev–Trinajstić information content (AvgIpc) is 2.96. The highest BCUT2D eigenvalue weighted by molar-refractivity contribution is 6.32. The van der Waals surface area contributed by atoms with Gasteiger partial charge in [-0.3, -0.25) is 9.78 Å². The van der Waals surface area contributed by atoms with Crippen LogP contribution in [0.3, 0.4) is 0 Å². The zero-order valence-corrected chi connectivity index (χ0v) is 10.3. The van der Waals surface area contributed by atoms with Crippen molar-refractivity contribution in [1.29, 1.82) is 0 Å². The molecule has 0 bridgehead atoms. The lowest BCUT2D eigenvalue weighted by Crippen LogP contribution is -2.23. The predicted octanol–water partition coefficient (Wildman–Crippen LogP) is 2.05. The maximum atomic E-state index is 11.7. The second kappa shape index (κ2) is 4.42. The van der Waals surface area contributed by atoms with Crippen molar-refractivity contribution in [3.63, 3.8) is 0 Å². The van der Waals surface area contributed by atoms with Gasteiger partial charge in [-0.2, -0.15) is 5.10 Å². The van der Waals surface area contributed by atoms with E-state index in [1.807, 2.05) is 12.1 Å². The van der Waals surface area contributed by atoms with E-state index in [0.29, 0.717) is 23.8 Å². The van der Waals surface area contributed by atoms with Crippen LogP contribution in [0, 0.1) is 0 Å². The van der Waals surface area contributed by atoms with Gasteiger partial charge in [-0.25, -0.2) is 4.68 Å². The fourth-order valence-corrected chi connectivity index (χ4v) is 2.28. The summed E-state index contributed by atoms with van der Waals surface area (Å²) in [4.78, 5) is 17.4. The van der Waals surface area contributed by atoms with E-state index in [9.17, 15) is 4.79 Å². The second-order valence-electron chi connectivity index (χ2n) is 4.11. The molecule has 2 aromatic heterocycles. The van der Waals surface area contributed by atoms with E-state index < -0.39 is 0 Å². The van der Waals surface area contributed by atoms with Gasteiger partial charge in [0.2, 0.25) is 5.91 Å². The van der Waals surface area contributed by atoms with Gasteiger partial charge in [0.1, 0.15) is 5.69 Å². The quantitative estimate of drug-likeness (QED) is 0.832. The molecule has 5 nitrogen and oxygen atoms in total. The Kier molecular flexibility index (Phi) is 2.76. The fourth-order valence-electron chi connectivity index (χ4n) is 2.05. The third-order valence-corrected chi connectivity index (χ3v) is 3.20. The van der Waals surface area contributed by atoms with Gasteiger partial charge in [-0.15, -0.1) is 0 Å². The molecule has 1 amide bonds. The SMILES string of the molecule is O=C1CCCN1c1cn(-c2cccnc2)nc1Cl. The molecule has 18 heavy (non-hydrogen) atoms. The standard InChI is InChI=1S/C12H11ClN4O/c13-12-10(16-6-2-4-11(16)18)8-17(15-12)9-3-1-5-14-7-9/h1,3,5,7-8H,2,4,6H2. The summed E-state index contributed by atoms with van der Waals surface area (Å²) in [6.07, 6.45) is 6.60. The summed E-state index contributed by atoms with van der Waals surface area (Å²) in [6, 6.07) is 3.71. The summed E-state index contributed by atoms with van der Waals surface area (Å²) >= 11 is 6.09. The first kappa shape index (κ1) is 11.2. The Balaban J connectivity index is 1.99. The monoisotopic (exact) mass is 262 g/mol. The Morgan fingerprint density at radius 2 is 2.28 bits per heavy atom. The summed E-state index contributed by atoms with van der Waals surface area (Å²) in [6.45, 7) is 0.706. The number of hydrogen-bond donors (Lipinski definition) is 0. The number of hydrogen-bond acceptors (Lipinski definition) is 3. The minimum Gasteiger partial charge on any atom is -0.308 e. The first-order chi connectivity index (χ1) is 8.75. The van der Waals surface area contributed by atoms with Gasteiger partial charge in [0.15, 0.2) is 5.15 Å². The van der Waals surface area contributed by atoms with Crippen molar-refractivity contribution in [3.05, 3.63) is 35.9 Å². The van der Waals surface area contributed by atoms with E-state index in [2.05, 4.69) is 10.1 Å². The number of carbonyl (C=O) groups is 1. The smallest absolute Gasteiger partial charge is 0.227 e. The highest BCUT2D eigenvalue weighted by atomic mass is 35.5. The molecule has 0 N–H and O–H groups in total. The number of amides is 1. The topological polar surface area (TPSA) is 51.0 Å². The van der Waals surface area contributed by atoms with Gasteiger partial charge < -0.3 is 4.90 Å². The fraction of sp³-hybridized carbons (Fsp3) is 0.250. The Labute approximate surface area is 109 Å². The van der Waals surface area contributed by atoms with Crippen molar-refractivity contribution in [1.82, 2.24) is 14.8 Å². The molecule has 0 saturated carbocycles. The normalized spacial score (nSPS) is 15.4. The van der Waals surface area contributed by atoms with Crippen molar-refractivity contribution in [2.24, 2.45) is 0 Å². The summed E-state index contributed by atoms with van der Waals surface area (Å²) < 4.78 is 1.64. The van der Waals surface area contributed by atoms with Crippen molar-refractivity contribution in [3.8, 4) is 5.69 Å². The minimum absolute atomic E-state index is 0.0997. The summed E-state index contributed by atoms with van der Waals surface area (Å²) in [7, 11) is 0. The number of rotatable bonds is 2. The molecule has 6 heteroatoms. The summed E-state index contributed by atoms with van der Waals surface area (Å²) in [5, 5.41) is 4.55. The van der Waals surface area contributed by atoms with E-state index in [1.54, 1.807) is 28.2 Å². The lowest BCUT2D eigenvalue weighted by molar-refractivity contribution is -0.117. The number of pyridine rings is 1. The van der Waals surface area contributed by atoms with E-state index in [-0.39, 0.29) is 5.91 Å². The van der Waals surface area contributed by atoms with Gasteiger partial charge in [0.25, 0.3) is 0 Å². The molecule has 1 aliphatic heterocycles. The van der Waals surface area contributed by atoms with E-state index in [0.717, 1.165) is 12.1 Å². The van der Waals surface area contributed by atoms with E-state index in [1.165, 1.54) is 0 Å². The number of nitrogens with zero attached hydrogens (tertiary/aromatic N) is 4. The number of anilines is 1. The molecular formula is C12H11ClN4O. The average molecular weight is 263 g/mol. The molecule has 0 unspecified atom stereocenters. The lowest BCUT2D eigenvalue weighted by atomic mass is 10.4. The number of carbonyl (C=O) groups excluding carboxylic acids is 1. The van der Waals surface area contributed by atoms with Gasteiger partial charge >= 0.3 is 0 Å². The zero-order valence-electron chi connectivity index (χ0n) is 9.58. The van der Waals surface area contributed by atoms with Crippen molar-refractivity contribution < 1.29 is 4.79 Å². The minimum atomic E-state index is 0.0997. The van der Waals surface area contributed by atoms with Gasteiger partial charge in [-0.1, -0.05) is 11.6 Å². The van der Waals surface area contributed by atoms with Crippen LogP contribution in [0.1, 0.15) is 12.8 Å². The first-order valence-corrected chi connectivity index (χ1v) is 6.09. The molecule has 0 aromatic carbocycles. The van der Waals surface area contributed by atoms with Crippen LogP contribution in [0.2, 0.25) is 5.15 Å². The van der Waals surface area contributed by atoms with Crippen LogP contribution in [-0.4, -0.2) is 27.2 Å². The molecule has 3 heterocycles. The Morgan fingerprint density at radius 1 is 1.39 bits per heavy atom. The van der Waals surface area contributed by atoms with Crippen LogP contribution >= 0.6 is 11.6 Å². The molecule has 0 atom stereocenters. The Morgan fingerprint density at radius 3 is 2.94 bits per heavy atom. The van der Waals surface area contributed by atoms with E-state index in [4.69, 9.17) is 11.6 Å². The third-order valence-electron chi connectivity index (χ3n) is 2.93. The molecule has 1 fully saturated rings. The maximum Gasteiger partial charge on any atom is 0.227 e. The highest BCUT2D eigenvalue weighted by Crippen LogP contribution is 2.29. The molecule has 3 rings (SSSR count). The van der Waals surface area contributed by atoms with Gasteiger partial charge in [0, 0.05) is 19.2 Å². The van der Waals surface area contributed by atoms with Crippen LogP contribution in [0.4, 0.5) is 5.69 Å². The third kappa shape index (κ3) is 1.86. The van der Waals surface area contributed by atoms with Crippen LogP contribution in [-0.2, 0) is 4.79 Å². The number of aromatic nitrogens is 3. The summed E-state index contributed by atoms with van der Waals surface area (Å²) in [5.41, 5.74) is 1.49. The van der Waals surface area contributed by atoms with Crippen LogP contribution < -0.4 is 4.90 Å². The highest BCUT2D eigenvalue weighted by Gasteiger charge is 2.25. The Bertz CT molecular complexity index is 581. The van der Waals surface area contributed by atoms with Crippen LogP contribution in [0.25, 0.3) is 5.69 Å². The maximum absolute atomic E-state index is 11.7. The summed E-state index contributed by atoms with van der Waals surface area (Å²) in [5.74, 6) is 0.0997. The van der Waals surface area contributed by atoms with Crippen molar-refractivity contribution in [2.75, 3.05) is 11.4 Å². The van der Waals surface area contributed by atoms with Crippen LogP contribution in [0.5, 0.6) is 0 Å². The molecule has 1 saturated heterocycles. The van der Waals surface area contributed by atoms with Crippen molar-refractivity contribution >= 4 is 23.2 Å². The molecule has 92 valence electrons. The first-order valence-electron chi connectivity index (χ1n) is 5.71. The lowest BCUT2D eigenvalue weighted by Gasteiger charge is -2.12. The van der Waals surface area contributed by atoms with Crippen LogP contribution in [0.15, 0.2) is 30.7 Å². The Hall–Kier alpha value is -1.88. The molecule has 0 spiro atoms. The molecular weight excluding hydrogens is 252 g/mol.